The van der Waals surface area contributed by atoms with Crippen molar-refractivity contribution in [3.05, 3.63) is 92.2 Å². The molecule has 3 heterocycles. The Labute approximate surface area is 284 Å². The largest absolute Gasteiger partial charge is 0.493 e. The van der Waals surface area contributed by atoms with Crippen LogP contribution in [0.15, 0.2) is 42.5 Å². The quantitative estimate of drug-likeness (QED) is 0.209. The second kappa shape index (κ2) is 13.1. The van der Waals surface area contributed by atoms with Crippen molar-refractivity contribution in [3.8, 4) is 22.6 Å². The monoisotopic (exact) mass is 677 g/mol. The van der Waals surface area contributed by atoms with Gasteiger partial charge in [-0.2, -0.15) is 4.39 Å². The lowest BCUT2D eigenvalue weighted by molar-refractivity contribution is 0.101. The van der Waals surface area contributed by atoms with E-state index in [1.54, 1.807) is 12.1 Å². The zero-order valence-corrected chi connectivity index (χ0v) is 28.3. The number of nitrogens with zero attached hydrogens (tertiary/aromatic N) is 4. The van der Waals surface area contributed by atoms with Gasteiger partial charge in [-0.3, -0.25) is 9.69 Å². The number of imidazole rings is 1. The summed E-state index contributed by atoms with van der Waals surface area (Å²) in [7, 11) is 5.41. The lowest BCUT2D eigenvalue weighted by atomic mass is 9.96. The number of fused-ring (bicyclic) bond motifs is 2. The Kier molecular flexibility index (Phi) is 8.91. The highest BCUT2D eigenvalue weighted by molar-refractivity contribution is 6.36. The number of nitrogens with one attached hydrogen (secondary N) is 1. The van der Waals surface area contributed by atoms with Gasteiger partial charge < -0.3 is 24.3 Å². The maximum absolute atomic E-state index is 15.9. The van der Waals surface area contributed by atoms with Gasteiger partial charge in [0, 0.05) is 49.9 Å². The van der Waals surface area contributed by atoms with Crippen molar-refractivity contribution in [2.75, 3.05) is 39.1 Å². The Morgan fingerprint density at radius 2 is 1.81 bits per heavy atom. The molecule has 2 aliphatic heterocycles. The van der Waals surface area contributed by atoms with E-state index in [0.717, 1.165) is 78.1 Å². The fourth-order valence-electron chi connectivity index (χ4n) is 7.27. The number of methoxy groups -OCH3 is 1. The molecule has 3 aromatic carbocycles. The number of carbonyl (C=O) groups is 1. The van der Waals surface area contributed by atoms with Gasteiger partial charge in [-0.1, -0.05) is 53.5 Å². The van der Waals surface area contributed by atoms with Gasteiger partial charge in [-0.25, -0.2) is 4.98 Å². The summed E-state index contributed by atoms with van der Waals surface area (Å²) in [6, 6.07) is 13.3. The Bertz CT molecular complexity index is 1860. The maximum Gasteiger partial charge on any atom is 0.291 e. The third-order valence-electron chi connectivity index (χ3n) is 9.67. The Hall–Kier alpha value is -3.63. The zero-order valence-electron chi connectivity index (χ0n) is 26.8. The highest BCUT2D eigenvalue weighted by Crippen LogP contribution is 2.46. The minimum absolute atomic E-state index is 0.00212. The van der Waals surface area contributed by atoms with E-state index in [9.17, 15) is 4.79 Å². The molecule has 1 saturated heterocycles. The van der Waals surface area contributed by atoms with Crippen molar-refractivity contribution in [1.82, 2.24) is 19.4 Å². The van der Waals surface area contributed by atoms with E-state index in [2.05, 4.69) is 27.1 Å². The van der Waals surface area contributed by atoms with Gasteiger partial charge in [0.2, 0.25) is 5.82 Å². The SMILES string of the molecule is COc1c(CN2CCCC2)cc(Cl)c(O[C@H]2CCc3c(-c4cccc(NC(=O)c5nc6c(n5C)CCN(C)C6)c4Cl)cccc32)c1F. The lowest BCUT2D eigenvalue weighted by Gasteiger charge is -2.22. The van der Waals surface area contributed by atoms with Crippen LogP contribution in [0.5, 0.6) is 11.5 Å². The standard InChI is InChI=1S/C36H38Cl2FN5O3/c1-42-17-14-29-28(20-42)40-35(43(29)2)36(45)41-27-11-7-10-25(31(27)38)22-8-6-9-24-23(22)12-13-30(24)47-34-26(37)18-21(33(46-3)32(34)39)19-44-15-4-5-16-44/h6-11,18,30H,4-5,12-17,19-20H2,1-3H3,(H,41,45)/t30-/m0/s1. The number of halogens is 3. The maximum atomic E-state index is 15.9. The lowest BCUT2D eigenvalue weighted by Crippen LogP contribution is -2.27. The average molecular weight is 679 g/mol. The summed E-state index contributed by atoms with van der Waals surface area (Å²) < 4.78 is 29.6. The van der Waals surface area contributed by atoms with Crippen LogP contribution in [-0.2, 0) is 33.0 Å². The summed E-state index contributed by atoms with van der Waals surface area (Å²) in [5.41, 5.74) is 6.99. The molecule has 1 N–H and O–H groups in total. The first-order chi connectivity index (χ1) is 22.7. The van der Waals surface area contributed by atoms with Gasteiger partial charge in [-0.15, -0.1) is 0 Å². The molecule has 47 heavy (non-hydrogen) atoms. The summed E-state index contributed by atoms with van der Waals surface area (Å²) in [5.74, 6) is -0.352. The van der Waals surface area contributed by atoms with Crippen molar-refractivity contribution < 1.29 is 18.7 Å². The molecule has 11 heteroatoms. The highest BCUT2D eigenvalue weighted by atomic mass is 35.5. The van der Waals surface area contributed by atoms with E-state index in [-0.39, 0.29) is 22.4 Å². The van der Waals surface area contributed by atoms with E-state index in [1.807, 2.05) is 41.9 Å². The minimum Gasteiger partial charge on any atom is -0.493 e. The molecule has 3 aliphatic rings. The molecule has 8 nitrogen and oxygen atoms in total. The van der Waals surface area contributed by atoms with Crippen molar-refractivity contribution in [2.24, 2.45) is 7.05 Å². The number of ether oxygens (including phenoxy) is 2. The molecular formula is C36H38Cl2FN5O3. The fraction of sp³-hybridized carbons (Fsp3) is 0.389. The molecule has 1 aliphatic carbocycles. The van der Waals surface area contributed by atoms with Crippen LogP contribution in [0.3, 0.4) is 0 Å². The normalized spacial score (nSPS) is 17.9. The van der Waals surface area contributed by atoms with E-state index in [1.165, 1.54) is 7.11 Å². The number of hydrogen-bond acceptors (Lipinski definition) is 6. The third-order valence-corrected chi connectivity index (χ3v) is 10.4. The van der Waals surface area contributed by atoms with Crippen LogP contribution < -0.4 is 14.8 Å². The minimum atomic E-state index is -0.578. The molecule has 0 radical (unpaired) electrons. The van der Waals surface area contributed by atoms with Crippen LogP contribution in [0.4, 0.5) is 10.1 Å². The van der Waals surface area contributed by atoms with Gasteiger partial charge >= 0.3 is 0 Å². The highest BCUT2D eigenvalue weighted by Gasteiger charge is 2.31. The number of hydrogen-bond donors (Lipinski definition) is 1. The second-order valence-corrected chi connectivity index (χ2v) is 13.5. The predicted molar refractivity (Wildman–Crippen MR) is 182 cm³/mol. The topological polar surface area (TPSA) is 71.9 Å². The molecule has 1 amide bonds. The van der Waals surface area contributed by atoms with Crippen LogP contribution in [0.1, 0.15) is 64.1 Å². The van der Waals surface area contributed by atoms with Gasteiger partial charge in [0.25, 0.3) is 5.91 Å². The summed E-state index contributed by atoms with van der Waals surface area (Å²) in [4.78, 5) is 22.5. The van der Waals surface area contributed by atoms with Crippen molar-refractivity contribution >= 4 is 34.8 Å². The average Bonchev–Trinajstić information content (AvgIpc) is 3.80. The van der Waals surface area contributed by atoms with Crippen LogP contribution in [0.25, 0.3) is 11.1 Å². The van der Waals surface area contributed by atoms with E-state index in [4.69, 9.17) is 32.7 Å². The van der Waals surface area contributed by atoms with Crippen LogP contribution in [0.2, 0.25) is 10.0 Å². The Balaban J connectivity index is 1.14. The molecule has 0 spiro atoms. The molecule has 0 saturated carbocycles. The zero-order chi connectivity index (χ0) is 32.8. The first-order valence-electron chi connectivity index (χ1n) is 16.1. The van der Waals surface area contributed by atoms with E-state index < -0.39 is 11.9 Å². The summed E-state index contributed by atoms with van der Waals surface area (Å²) in [6.45, 7) is 4.18. The third kappa shape index (κ3) is 5.99. The number of anilines is 1. The number of carbonyl (C=O) groups excluding carboxylic acids is 1. The molecule has 1 fully saturated rings. The molecular weight excluding hydrogens is 640 g/mol. The van der Waals surface area contributed by atoms with Crippen LogP contribution in [0, 0.1) is 5.82 Å². The molecule has 0 bridgehead atoms. The van der Waals surface area contributed by atoms with E-state index in [0.29, 0.717) is 42.5 Å². The molecule has 0 unspecified atom stereocenters. The van der Waals surface area contributed by atoms with Crippen LogP contribution >= 0.6 is 23.2 Å². The second-order valence-electron chi connectivity index (χ2n) is 12.7. The van der Waals surface area contributed by atoms with Crippen LogP contribution in [-0.4, -0.2) is 59.0 Å². The Morgan fingerprint density at radius 1 is 1.04 bits per heavy atom. The summed E-state index contributed by atoms with van der Waals surface area (Å²) in [5, 5.41) is 3.66. The number of likely N-dealkylation sites (tertiary alicyclic amines) is 1. The van der Waals surface area contributed by atoms with Crippen molar-refractivity contribution in [3.63, 3.8) is 0 Å². The van der Waals surface area contributed by atoms with E-state index >= 15 is 4.39 Å². The van der Waals surface area contributed by atoms with Gasteiger partial charge in [-0.05, 0) is 74.6 Å². The first kappa shape index (κ1) is 31.9. The molecule has 246 valence electrons. The van der Waals surface area contributed by atoms with Crippen molar-refractivity contribution in [1.29, 1.82) is 0 Å². The first-order valence-corrected chi connectivity index (χ1v) is 16.9. The van der Waals surface area contributed by atoms with Gasteiger partial charge in [0.05, 0.1) is 28.5 Å². The molecule has 1 aromatic heterocycles. The Morgan fingerprint density at radius 3 is 2.60 bits per heavy atom. The molecule has 1 atom stereocenters. The number of rotatable bonds is 8. The predicted octanol–water partition coefficient (Wildman–Crippen LogP) is 7.44. The fourth-order valence-corrected chi connectivity index (χ4v) is 7.81. The number of likely N-dealkylation sites (N-methyl/N-ethyl adjacent to an activating group) is 1. The number of benzene rings is 3. The molecule has 4 aromatic rings. The summed E-state index contributed by atoms with van der Waals surface area (Å²) in [6.07, 6.45) is 4.07. The number of aromatic nitrogens is 2. The smallest absolute Gasteiger partial charge is 0.291 e. The van der Waals surface area contributed by atoms with Gasteiger partial charge in [0.15, 0.2) is 17.3 Å². The summed E-state index contributed by atoms with van der Waals surface area (Å²) >= 11 is 13.6. The van der Waals surface area contributed by atoms with Crippen molar-refractivity contribution in [2.45, 2.75) is 51.3 Å². The van der Waals surface area contributed by atoms with Gasteiger partial charge in [0.1, 0.15) is 6.10 Å². The molecule has 7 rings (SSSR count). The number of amides is 1.